The van der Waals surface area contributed by atoms with E-state index in [2.05, 4.69) is 6.08 Å². The molecule has 0 aromatic heterocycles. The third kappa shape index (κ3) is 10.4. The minimum absolute atomic E-state index is 0.0693. The summed E-state index contributed by atoms with van der Waals surface area (Å²) in [7, 11) is 0. The Balaban J connectivity index is 1.74. The lowest BCUT2D eigenvalue weighted by molar-refractivity contribution is -0.181. The summed E-state index contributed by atoms with van der Waals surface area (Å²) in [6.45, 7) is 1.50. The van der Waals surface area contributed by atoms with Gasteiger partial charge in [-0.3, -0.25) is 4.39 Å². The van der Waals surface area contributed by atoms with E-state index in [1.807, 2.05) is 6.08 Å². The zero-order valence-electron chi connectivity index (χ0n) is 12.8. The Hall–Kier alpha value is -0.410. The Bertz CT molecular complexity index is 225. The molecular formula is C17H31FO2. The molecule has 0 atom stereocenters. The monoisotopic (exact) mass is 286 g/mol. The van der Waals surface area contributed by atoms with E-state index >= 15 is 0 Å². The zero-order chi connectivity index (χ0) is 14.3. The Morgan fingerprint density at radius 2 is 1.40 bits per heavy atom. The van der Waals surface area contributed by atoms with Gasteiger partial charge in [-0.05, 0) is 38.5 Å². The minimum Gasteiger partial charge on any atom is -0.353 e. The second-order valence-corrected chi connectivity index (χ2v) is 5.53. The van der Waals surface area contributed by atoms with Gasteiger partial charge in [-0.2, -0.15) is 0 Å². The van der Waals surface area contributed by atoms with Gasteiger partial charge in [0.25, 0.3) is 0 Å². The summed E-state index contributed by atoms with van der Waals surface area (Å²) in [4.78, 5) is 0. The number of alkyl halides is 1. The number of unbranched alkanes of at least 4 members (excludes halogenated alkanes) is 7. The van der Waals surface area contributed by atoms with Gasteiger partial charge in [-0.25, -0.2) is 0 Å². The molecular weight excluding hydrogens is 255 g/mol. The van der Waals surface area contributed by atoms with Crippen molar-refractivity contribution >= 4 is 0 Å². The minimum atomic E-state index is -0.229. The molecule has 1 saturated heterocycles. The largest absolute Gasteiger partial charge is 0.353 e. The van der Waals surface area contributed by atoms with Crippen molar-refractivity contribution in [3.05, 3.63) is 12.2 Å². The molecule has 0 aromatic carbocycles. The van der Waals surface area contributed by atoms with Gasteiger partial charge in [0.05, 0.1) is 19.9 Å². The second kappa shape index (κ2) is 13.6. The highest BCUT2D eigenvalue weighted by Gasteiger charge is 2.12. The van der Waals surface area contributed by atoms with Crippen molar-refractivity contribution in [2.75, 3.05) is 19.9 Å². The van der Waals surface area contributed by atoms with E-state index in [9.17, 15) is 4.39 Å². The lowest BCUT2D eigenvalue weighted by Crippen LogP contribution is -2.24. The highest BCUT2D eigenvalue weighted by molar-refractivity contribution is 4.80. The Morgan fingerprint density at radius 1 is 0.800 bits per heavy atom. The predicted molar refractivity (Wildman–Crippen MR) is 81.6 cm³/mol. The number of allylic oxidation sites excluding steroid dienone is 2. The summed E-state index contributed by atoms with van der Waals surface area (Å²) in [5.41, 5.74) is 0. The maximum absolute atomic E-state index is 11.8. The van der Waals surface area contributed by atoms with E-state index in [-0.39, 0.29) is 13.0 Å². The Morgan fingerprint density at radius 3 is 2.10 bits per heavy atom. The lowest BCUT2D eigenvalue weighted by Gasteiger charge is -2.22. The molecule has 3 heteroatoms. The van der Waals surface area contributed by atoms with Gasteiger partial charge in [0.2, 0.25) is 0 Å². The van der Waals surface area contributed by atoms with E-state index in [1.165, 1.54) is 44.9 Å². The highest BCUT2D eigenvalue weighted by atomic mass is 19.1. The van der Waals surface area contributed by atoms with E-state index in [4.69, 9.17) is 9.47 Å². The van der Waals surface area contributed by atoms with Gasteiger partial charge in [-0.15, -0.1) is 0 Å². The molecule has 118 valence electrons. The molecule has 0 saturated carbocycles. The number of hydrogen-bond acceptors (Lipinski definition) is 2. The standard InChI is InChI=1S/C17H31FO2/c18-14-11-9-7-5-3-1-2-4-6-8-10-13-17-19-15-12-16-20-17/h7,9,17H,1-6,8,10-16H2/b9-7+. The van der Waals surface area contributed by atoms with Gasteiger partial charge in [0.1, 0.15) is 0 Å². The van der Waals surface area contributed by atoms with Crippen molar-refractivity contribution in [3.8, 4) is 0 Å². The molecule has 1 aliphatic rings. The number of hydrogen-bond donors (Lipinski definition) is 0. The van der Waals surface area contributed by atoms with Crippen LogP contribution in [-0.2, 0) is 9.47 Å². The van der Waals surface area contributed by atoms with E-state index in [0.29, 0.717) is 6.42 Å². The van der Waals surface area contributed by atoms with Crippen molar-refractivity contribution in [1.29, 1.82) is 0 Å². The molecule has 0 radical (unpaired) electrons. The van der Waals surface area contributed by atoms with Crippen LogP contribution >= 0.6 is 0 Å². The number of rotatable bonds is 12. The van der Waals surface area contributed by atoms with Crippen LogP contribution in [0.15, 0.2) is 12.2 Å². The zero-order valence-corrected chi connectivity index (χ0v) is 12.8. The fraction of sp³-hybridized carbons (Fsp3) is 0.882. The Labute approximate surface area is 123 Å². The first-order chi connectivity index (χ1) is 9.93. The molecule has 1 fully saturated rings. The molecule has 0 bridgehead atoms. The van der Waals surface area contributed by atoms with E-state index < -0.39 is 0 Å². The van der Waals surface area contributed by atoms with Gasteiger partial charge < -0.3 is 9.47 Å². The van der Waals surface area contributed by atoms with E-state index in [0.717, 1.165) is 32.5 Å². The van der Waals surface area contributed by atoms with Crippen LogP contribution in [0.3, 0.4) is 0 Å². The van der Waals surface area contributed by atoms with Crippen molar-refractivity contribution in [1.82, 2.24) is 0 Å². The van der Waals surface area contributed by atoms with Crippen LogP contribution in [0.25, 0.3) is 0 Å². The summed E-state index contributed by atoms with van der Waals surface area (Å²) in [6.07, 6.45) is 17.0. The molecule has 2 nitrogen and oxygen atoms in total. The molecule has 0 amide bonds. The molecule has 1 heterocycles. The van der Waals surface area contributed by atoms with Crippen LogP contribution in [0.1, 0.15) is 70.6 Å². The van der Waals surface area contributed by atoms with Crippen LogP contribution < -0.4 is 0 Å². The second-order valence-electron chi connectivity index (χ2n) is 5.53. The molecule has 0 unspecified atom stereocenters. The third-order valence-electron chi connectivity index (χ3n) is 3.65. The highest BCUT2D eigenvalue weighted by Crippen LogP contribution is 2.14. The van der Waals surface area contributed by atoms with Crippen molar-refractivity contribution in [2.24, 2.45) is 0 Å². The molecule has 0 N–H and O–H groups in total. The van der Waals surface area contributed by atoms with Crippen molar-refractivity contribution < 1.29 is 13.9 Å². The summed E-state index contributed by atoms with van der Waals surface area (Å²) < 4.78 is 22.9. The molecule has 1 rings (SSSR count). The third-order valence-corrected chi connectivity index (χ3v) is 3.65. The van der Waals surface area contributed by atoms with Crippen LogP contribution in [-0.4, -0.2) is 26.2 Å². The van der Waals surface area contributed by atoms with Crippen molar-refractivity contribution in [3.63, 3.8) is 0 Å². The topological polar surface area (TPSA) is 18.5 Å². The maximum atomic E-state index is 11.8. The van der Waals surface area contributed by atoms with Crippen LogP contribution in [0.5, 0.6) is 0 Å². The predicted octanol–water partition coefficient (Wildman–Crippen LogP) is 5.18. The quantitative estimate of drug-likeness (QED) is 0.364. The van der Waals surface area contributed by atoms with Gasteiger partial charge in [0.15, 0.2) is 6.29 Å². The van der Waals surface area contributed by atoms with Gasteiger partial charge >= 0.3 is 0 Å². The molecule has 0 aromatic rings. The first-order valence-electron chi connectivity index (χ1n) is 8.37. The summed E-state index contributed by atoms with van der Waals surface area (Å²) >= 11 is 0. The number of halogens is 1. The normalized spacial score (nSPS) is 17.1. The molecule has 20 heavy (non-hydrogen) atoms. The fourth-order valence-corrected chi connectivity index (χ4v) is 2.46. The van der Waals surface area contributed by atoms with Gasteiger partial charge in [-0.1, -0.05) is 44.3 Å². The summed E-state index contributed by atoms with van der Waals surface area (Å²) in [6, 6.07) is 0. The fourth-order valence-electron chi connectivity index (χ4n) is 2.46. The maximum Gasteiger partial charge on any atom is 0.157 e. The summed E-state index contributed by atoms with van der Waals surface area (Å²) in [5.74, 6) is 0. The molecule has 1 aliphatic heterocycles. The SMILES string of the molecule is FCC/C=C/CCCCCCCCCC1OCCCO1. The van der Waals surface area contributed by atoms with Crippen molar-refractivity contribution in [2.45, 2.75) is 76.9 Å². The Kier molecular flexibility index (Phi) is 12.0. The van der Waals surface area contributed by atoms with Crippen LogP contribution in [0.2, 0.25) is 0 Å². The molecule has 0 spiro atoms. The summed E-state index contributed by atoms with van der Waals surface area (Å²) in [5, 5.41) is 0. The van der Waals surface area contributed by atoms with E-state index in [1.54, 1.807) is 0 Å². The van der Waals surface area contributed by atoms with Gasteiger partial charge in [0, 0.05) is 0 Å². The average Bonchev–Trinajstić information content (AvgIpc) is 2.49. The first-order valence-corrected chi connectivity index (χ1v) is 8.37. The number of ether oxygens (including phenoxy) is 2. The molecule has 0 aliphatic carbocycles. The smallest absolute Gasteiger partial charge is 0.157 e. The average molecular weight is 286 g/mol. The van der Waals surface area contributed by atoms with Crippen LogP contribution in [0, 0.1) is 0 Å². The van der Waals surface area contributed by atoms with Crippen LogP contribution in [0.4, 0.5) is 4.39 Å². The first kappa shape index (κ1) is 17.6. The lowest BCUT2D eigenvalue weighted by atomic mass is 10.1.